The van der Waals surface area contributed by atoms with Crippen LogP contribution in [0.1, 0.15) is 40.5 Å². The van der Waals surface area contributed by atoms with Gasteiger partial charge < -0.3 is 20.3 Å². The van der Waals surface area contributed by atoms with Gasteiger partial charge in [0.05, 0.1) is 17.3 Å². The van der Waals surface area contributed by atoms with E-state index in [2.05, 4.69) is 17.9 Å². The predicted octanol–water partition coefficient (Wildman–Crippen LogP) is 1.66. The molecule has 1 aliphatic carbocycles. The molecule has 3 N–H and O–H groups in total. The van der Waals surface area contributed by atoms with Gasteiger partial charge in [-0.1, -0.05) is 13.8 Å². The van der Waals surface area contributed by atoms with Crippen LogP contribution in [0.15, 0.2) is 0 Å². The molecule has 1 saturated carbocycles. The van der Waals surface area contributed by atoms with Crippen molar-refractivity contribution < 1.29 is 57.0 Å². The predicted molar refractivity (Wildman–Crippen MR) is 93.2 cm³/mol. The largest absolute Gasteiger partial charge is 1.00 e. The van der Waals surface area contributed by atoms with E-state index in [0.717, 1.165) is 0 Å². The van der Waals surface area contributed by atoms with E-state index in [-0.39, 0.29) is 51.4 Å². The molecular formula is C16H29HgNO6S+. The summed E-state index contributed by atoms with van der Waals surface area (Å²) in [6.45, 7) is 7.81. The molecule has 0 aromatic carbocycles. The average Bonchev–Trinajstić information content (AvgIpc) is 2.76. The molecular weight excluding hydrogens is 535 g/mol. The number of ether oxygens (including phenoxy) is 1. The van der Waals surface area contributed by atoms with E-state index in [0.29, 0.717) is 19.4 Å². The first-order valence-electron chi connectivity index (χ1n) is 7.80. The van der Waals surface area contributed by atoms with Gasteiger partial charge >= 0.3 is 39.6 Å². The van der Waals surface area contributed by atoms with Crippen molar-refractivity contribution in [3.8, 4) is 0 Å². The Morgan fingerprint density at radius 1 is 1.28 bits per heavy atom. The van der Waals surface area contributed by atoms with E-state index in [1.54, 1.807) is 14.0 Å². The first-order valence-corrected chi connectivity index (χ1v) is 8.43. The monoisotopic (exact) mass is 565 g/mol. The van der Waals surface area contributed by atoms with Crippen LogP contribution in [0.4, 0.5) is 0 Å². The number of hydrogen-bond donors (Lipinski definition) is 4. The van der Waals surface area contributed by atoms with E-state index >= 15 is 0 Å². The maximum Gasteiger partial charge on any atom is 1.00 e. The molecule has 0 aromatic heterocycles. The Labute approximate surface area is 175 Å². The molecule has 0 aliphatic heterocycles. The van der Waals surface area contributed by atoms with Gasteiger partial charge in [0.15, 0.2) is 0 Å². The number of amides is 1. The second-order valence-electron chi connectivity index (χ2n) is 6.79. The fraction of sp³-hybridized carbons (Fsp3) is 0.812. The summed E-state index contributed by atoms with van der Waals surface area (Å²) in [7, 11) is 1.60. The quantitative estimate of drug-likeness (QED) is 0.289. The minimum atomic E-state index is -0.881. The van der Waals surface area contributed by atoms with Crippen molar-refractivity contribution in [2.24, 2.45) is 16.7 Å². The summed E-state index contributed by atoms with van der Waals surface area (Å²) in [6, 6.07) is 0. The average molecular weight is 564 g/mol. The number of carbonyl (C=O) groups is 3. The van der Waals surface area contributed by atoms with Gasteiger partial charge in [0.1, 0.15) is 0 Å². The molecule has 0 saturated heterocycles. The molecule has 1 amide bonds. The van der Waals surface area contributed by atoms with Crippen LogP contribution >= 0.6 is 12.6 Å². The van der Waals surface area contributed by atoms with Gasteiger partial charge in [-0.25, -0.2) is 0 Å². The summed E-state index contributed by atoms with van der Waals surface area (Å²) >= 11 is 3.42. The van der Waals surface area contributed by atoms with Gasteiger partial charge in [0.2, 0.25) is 5.91 Å². The Balaban J connectivity index is 0. The van der Waals surface area contributed by atoms with Crippen molar-refractivity contribution in [1.82, 2.24) is 5.32 Å². The second-order valence-corrected chi connectivity index (χ2v) is 7.11. The maximum atomic E-state index is 12.2. The number of carboxylic acid groups (broad SMARTS) is 2. The summed E-state index contributed by atoms with van der Waals surface area (Å²) in [6.07, 6.45) is 1.11. The zero-order chi connectivity index (χ0) is 19.1. The van der Waals surface area contributed by atoms with Crippen LogP contribution in [0.2, 0.25) is 0 Å². The number of aliphatic carboxylic acids is 2. The van der Waals surface area contributed by atoms with Crippen LogP contribution in [0.25, 0.3) is 0 Å². The van der Waals surface area contributed by atoms with Crippen molar-refractivity contribution in [2.45, 2.75) is 46.6 Å². The Bertz CT molecular complexity index is 474. The van der Waals surface area contributed by atoms with E-state index in [4.69, 9.17) is 9.84 Å². The normalized spacial score (nSPS) is 25.0. The van der Waals surface area contributed by atoms with Gasteiger partial charge in [-0.3, -0.25) is 14.4 Å². The number of methoxy groups -OCH3 is 1. The third-order valence-corrected chi connectivity index (χ3v) is 5.39. The number of rotatable bonds is 6. The van der Waals surface area contributed by atoms with Gasteiger partial charge in [-0.15, -0.1) is 0 Å². The summed E-state index contributed by atoms with van der Waals surface area (Å²) in [5.74, 6) is -2.12. The van der Waals surface area contributed by atoms with Gasteiger partial charge in [0, 0.05) is 19.6 Å². The molecule has 7 nitrogen and oxygen atoms in total. The molecule has 0 aromatic rings. The van der Waals surface area contributed by atoms with Gasteiger partial charge in [0.25, 0.3) is 0 Å². The fourth-order valence-corrected chi connectivity index (χ4v) is 2.79. The van der Waals surface area contributed by atoms with Crippen molar-refractivity contribution in [3.63, 3.8) is 0 Å². The molecule has 1 fully saturated rings. The molecule has 0 heterocycles. The van der Waals surface area contributed by atoms with E-state index < -0.39 is 22.8 Å². The third kappa shape index (κ3) is 7.05. The standard InChI is InChI=1S/C14H25NO4.C2H4O2S.Hg/c1-9(19-5)8-15-11(16)10-6-7-14(4,12(17)18)13(10,2)3;3-2(4)1-5;/h9-10H,6-8H2,1-5H3,(H,15,16)(H,17,18);5H,1H2,(H,3,4);/q;;+1. The zero-order valence-electron chi connectivity index (χ0n) is 15.7. The summed E-state index contributed by atoms with van der Waals surface area (Å²) < 4.78 is 5.09. The number of carboxylic acids is 2. The SMILES string of the molecule is COC(C)CNC(=O)C1CCC(C)(C(=O)O)C1(C)C.O=C(O)CS.[Hg+]. The topological polar surface area (TPSA) is 113 Å². The Morgan fingerprint density at radius 2 is 1.76 bits per heavy atom. The van der Waals surface area contributed by atoms with Gasteiger partial charge in [-0.2, -0.15) is 12.6 Å². The number of thiol groups is 1. The van der Waals surface area contributed by atoms with Crippen molar-refractivity contribution in [2.75, 3.05) is 19.4 Å². The third-order valence-electron chi connectivity index (χ3n) is 5.12. The van der Waals surface area contributed by atoms with Crippen LogP contribution in [-0.4, -0.2) is 53.6 Å². The molecule has 141 valence electrons. The molecule has 1 rings (SSSR count). The smallest absolute Gasteiger partial charge is 0.481 e. The van der Waals surface area contributed by atoms with E-state index in [9.17, 15) is 19.5 Å². The minimum Gasteiger partial charge on any atom is -0.481 e. The first-order chi connectivity index (χ1) is 10.9. The van der Waals surface area contributed by atoms with Crippen LogP contribution < -0.4 is 5.32 Å². The summed E-state index contributed by atoms with van der Waals surface area (Å²) in [5.41, 5.74) is -1.40. The molecule has 3 atom stereocenters. The Morgan fingerprint density at radius 3 is 2.08 bits per heavy atom. The molecule has 9 heteroatoms. The summed E-state index contributed by atoms with van der Waals surface area (Å²) in [4.78, 5) is 33.0. The molecule has 1 radical (unpaired) electrons. The van der Waals surface area contributed by atoms with Crippen molar-refractivity contribution in [1.29, 1.82) is 0 Å². The van der Waals surface area contributed by atoms with E-state index in [1.165, 1.54) is 0 Å². The van der Waals surface area contributed by atoms with Crippen LogP contribution in [-0.2, 0) is 46.8 Å². The van der Waals surface area contributed by atoms with Gasteiger partial charge in [-0.05, 0) is 32.1 Å². The maximum absolute atomic E-state index is 12.2. The number of carbonyl (C=O) groups excluding carboxylic acids is 1. The molecule has 3 unspecified atom stereocenters. The molecule has 0 bridgehead atoms. The van der Waals surface area contributed by atoms with E-state index in [1.807, 2.05) is 20.8 Å². The minimum absolute atomic E-state index is 0. The van der Waals surface area contributed by atoms with Crippen molar-refractivity contribution >= 4 is 30.5 Å². The van der Waals surface area contributed by atoms with Crippen LogP contribution in [0, 0.1) is 16.7 Å². The van der Waals surface area contributed by atoms with Crippen LogP contribution in [0.3, 0.4) is 0 Å². The fourth-order valence-electron chi connectivity index (χ4n) is 2.79. The zero-order valence-corrected chi connectivity index (χ0v) is 22.1. The number of nitrogens with one attached hydrogen (secondary N) is 1. The molecule has 1 aliphatic rings. The van der Waals surface area contributed by atoms with Crippen molar-refractivity contribution in [3.05, 3.63) is 0 Å². The summed E-state index contributed by atoms with van der Waals surface area (Å²) in [5, 5.41) is 19.9. The molecule has 25 heavy (non-hydrogen) atoms. The van der Waals surface area contributed by atoms with Crippen LogP contribution in [0.5, 0.6) is 0 Å². The number of hydrogen-bond acceptors (Lipinski definition) is 5. The Kier molecular flexibility index (Phi) is 12.2. The Hall–Kier alpha value is -0.345. The second kappa shape index (κ2) is 11.4. The molecule has 0 spiro atoms. The first kappa shape index (κ1) is 26.9.